The fourth-order valence-electron chi connectivity index (χ4n) is 4.56. The van der Waals surface area contributed by atoms with Gasteiger partial charge in [0.2, 0.25) is 5.91 Å². The first-order valence-electron chi connectivity index (χ1n) is 11.6. The number of fused-ring (bicyclic) bond motifs is 1. The molecule has 1 unspecified atom stereocenters. The maximum Gasteiger partial charge on any atom is 0.573 e. The Morgan fingerprint density at radius 2 is 1.91 bits per heavy atom. The summed E-state index contributed by atoms with van der Waals surface area (Å²) in [7, 11) is 0. The van der Waals surface area contributed by atoms with E-state index in [9.17, 15) is 22.8 Å². The summed E-state index contributed by atoms with van der Waals surface area (Å²) in [5, 5.41) is 6.04. The average Bonchev–Trinajstić information content (AvgIpc) is 3.19. The summed E-state index contributed by atoms with van der Waals surface area (Å²) in [6, 6.07) is 3.80. The Morgan fingerprint density at radius 1 is 1.21 bits per heavy atom. The number of amides is 2. The Bertz CT molecular complexity index is 1020. The van der Waals surface area contributed by atoms with Crippen LogP contribution in [-0.4, -0.2) is 35.2 Å². The van der Waals surface area contributed by atoms with E-state index in [2.05, 4.69) is 20.4 Å². The van der Waals surface area contributed by atoms with Gasteiger partial charge in [0.15, 0.2) is 5.13 Å². The molecule has 1 heterocycles. The van der Waals surface area contributed by atoms with E-state index in [-0.39, 0.29) is 23.3 Å². The van der Waals surface area contributed by atoms with Gasteiger partial charge < -0.3 is 15.8 Å². The van der Waals surface area contributed by atoms with Gasteiger partial charge >= 0.3 is 6.36 Å². The van der Waals surface area contributed by atoms with E-state index in [0.717, 1.165) is 30.6 Å². The molecule has 1 fully saturated rings. The van der Waals surface area contributed by atoms with Gasteiger partial charge in [-0.05, 0) is 37.8 Å². The summed E-state index contributed by atoms with van der Waals surface area (Å²) >= 11 is 1.04. The number of carbonyl (C=O) groups excluding carboxylic acids is 2. The molecule has 34 heavy (non-hydrogen) atoms. The Kier molecular flexibility index (Phi) is 8.07. The van der Waals surface area contributed by atoms with Crippen molar-refractivity contribution in [3.05, 3.63) is 18.2 Å². The Balaban J connectivity index is 1.82. The van der Waals surface area contributed by atoms with Gasteiger partial charge in [0.05, 0.1) is 15.6 Å². The largest absolute Gasteiger partial charge is 0.573 e. The maximum absolute atomic E-state index is 13.4. The molecular formula is C23H31F3N4O3S. The molecule has 2 aromatic rings. The standard InChI is InChI=1S/C23H31F3N4O3S/c1-3-10-22(4-2,30-18(31)21(14-27)11-6-5-7-12-21)19(32)29-20-28-16-9-8-15(13-17(16)34-20)33-23(24,25)26/h8-9,13H,3-7,10-12,14,27H2,1-2H3,(H,30,31)(H,28,29,32). The normalized spacial score (nSPS) is 17.7. The molecule has 0 aliphatic heterocycles. The molecule has 1 aliphatic carbocycles. The van der Waals surface area contributed by atoms with Crippen molar-refractivity contribution in [3.63, 3.8) is 0 Å². The number of nitrogens with two attached hydrogens (primary N) is 1. The minimum absolute atomic E-state index is 0.196. The average molecular weight is 501 g/mol. The number of benzene rings is 1. The van der Waals surface area contributed by atoms with Gasteiger partial charge in [-0.15, -0.1) is 13.2 Å². The van der Waals surface area contributed by atoms with Crippen LogP contribution in [0.5, 0.6) is 5.75 Å². The van der Waals surface area contributed by atoms with Crippen molar-refractivity contribution in [1.29, 1.82) is 0 Å². The number of alkyl halides is 3. The zero-order valence-electron chi connectivity index (χ0n) is 19.4. The van der Waals surface area contributed by atoms with E-state index in [1.807, 2.05) is 13.8 Å². The van der Waals surface area contributed by atoms with Crippen LogP contribution >= 0.6 is 11.3 Å². The van der Waals surface area contributed by atoms with E-state index >= 15 is 0 Å². The first-order valence-corrected chi connectivity index (χ1v) is 12.4. The first-order chi connectivity index (χ1) is 16.1. The van der Waals surface area contributed by atoms with Crippen LogP contribution in [0.15, 0.2) is 18.2 Å². The zero-order chi connectivity index (χ0) is 25.0. The fraction of sp³-hybridized carbons (Fsp3) is 0.609. The van der Waals surface area contributed by atoms with Crippen LogP contribution in [0.25, 0.3) is 10.2 Å². The molecule has 3 rings (SSSR count). The van der Waals surface area contributed by atoms with Crippen molar-refractivity contribution in [2.45, 2.75) is 77.1 Å². The molecule has 11 heteroatoms. The Morgan fingerprint density at radius 3 is 2.50 bits per heavy atom. The molecule has 1 saturated carbocycles. The lowest BCUT2D eigenvalue weighted by molar-refractivity contribution is -0.274. The van der Waals surface area contributed by atoms with Crippen LogP contribution < -0.4 is 21.1 Å². The van der Waals surface area contributed by atoms with Gasteiger partial charge in [-0.1, -0.05) is 50.9 Å². The number of halogens is 3. The summed E-state index contributed by atoms with van der Waals surface area (Å²) in [5.41, 5.74) is 4.63. The lowest BCUT2D eigenvalue weighted by Gasteiger charge is -2.40. The molecule has 4 N–H and O–H groups in total. The van der Waals surface area contributed by atoms with Crippen molar-refractivity contribution in [3.8, 4) is 5.75 Å². The molecule has 188 valence electrons. The van der Waals surface area contributed by atoms with Crippen molar-refractivity contribution in [2.75, 3.05) is 11.9 Å². The topological polar surface area (TPSA) is 106 Å². The monoisotopic (exact) mass is 500 g/mol. The number of nitrogens with zero attached hydrogens (tertiary/aromatic N) is 1. The molecule has 0 saturated heterocycles. The molecule has 1 aliphatic rings. The number of carbonyl (C=O) groups is 2. The third kappa shape index (κ3) is 5.80. The number of ether oxygens (including phenoxy) is 1. The Labute approximate surface area is 200 Å². The highest BCUT2D eigenvalue weighted by molar-refractivity contribution is 7.22. The summed E-state index contributed by atoms with van der Waals surface area (Å²) in [6.45, 7) is 4.00. The van der Waals surface area contributed by atoms with Crippen molar-refractivity contribution < 1.29 is 27.5 Å². The van der Waals surface area contributed by atoms with E-state index in [4.69, 9.17) is 5.73 Å². The van der Waals surface area contributed by atoms with E-state index in [1.165, 1.54) is 18.2 Å². The van der Waals surface area contributed by atoms with Crippen LogP contribution in [0.2, 0.25) is 0 Å². The molecule has 2 amide bonds. The minimum atomic E-state index is -4.80. The molecule has 0 spiro atoms. The van der Waals surface area contributed by atoms with E-state index in [0.29, 0.717) is 42.3 Å². The second-order valence-corrected chi connectivity index (χ2v) is 9.87. The van der Waals surface area contributed by atoms with Crippen LogP contribution in [0, 0.1) is 5.41 Å². The Hall–Kier alpha value is -2.40. The highest BCUT2D eigenvalue weighted by Gasteiger charge is 2.45. The van der Waals surface area contributed by atoms with Crippen molar-refractivity contribution >= 4 is 38.5 Å². The summed E-state index contributed by atoms with van der Waals surface area (Å²) in [6.07, 6.45) is 0.973. The predicted octanol–water partition coefficient (Wildman–Crippen LogP) is 5.11. The molecule has 0 bridgehead atoms. The van der Waals surface area contributed by atoms with E-state index in [1.54, 1.807) is 0 Å². The third-order valence-corrected chi connectivity index (χ3v) is 7.50. The summed E-state index contributed by atoms with van der Waals surface area (Å²) in [5.74, 6) is -0.959. The number of anilines is 1. The van der Waals surface area contributed by atoms with Gasteiger partial charge in [0.25, 0.3) is 5.91 Å². The van der Waals surface area contributed by atoms with Crippen LogP contribution in [0.4, 0.5) is 18.3 Å². The van der Waals surface area contributed by atoms with Gasteiger partial charge in [0, 0.05) is 12.6 Å². The van der Waals surface area contributed by atoms with Crippen LogP contribution in [0.1, 0.15) is 65.2 Å². The van der Waals surface area contributed by atoms with Crippen molar-refractivity contribution in [2.24, 2.45) is 11.1 Å². The predicted molar refractivity (Wildman–Crippen MR) is 126 cm³/mol. The quantitative estimate of drug-likeness (QED) is 0.444. The SMILES string of the molecule is CCCC(CC)(NC(=O)C1(CN)CCCCC1)C(=O)Nc1nc2ccc(OC(F)(F)F)cc2s1. The molecular weight excluding hydrogens is 469 g/mol. The van der Waals surface area contributed by atoms with Crippen LogP contribution in [-0.2, 0) is 9.59 Å². The van der Waals surface area contributed by atoms with Crippen molar-refractivity contribution in [1.82, 2.24) is 10.3 Å². The zero-order valence-corrected chi connectivity index (χ0v) is 20.2. The number of hydrogen-bond donors (Lipinski definition) is 3. The highest BCUT2D eigenvalue weighted by atomic mass is 32.1. The second kappa shape index (κ2) is 10.5. The molecule has 7 nitrogen and oxygen atoms in total. The molecule has 1 aromatic carbocycles. The molecule has 1 aromatic heterocycles. The third-order valence-electron chi connectivity index (χ3n) is 6.56. The van der Waals surface area contributed by atoms with Crippen LogP contribution in [0.3, 0.4) is 0 Å². The summed E-state index contributed by atoms with van der Waals surface area (Å²) < 4.78 is 41.9. The number of rotatable bonds is 9. The number of nitrogens with one attached hydrogen (secondary N) is 2. The lowest BCUT2D eigenvalue weighted by atomic mass is 9.72. The first kappa shape index (κ1) is 26.2. The number of thiazole rings is 1. The lowest BCUT2D eigenvalue weighted by Crippen LogP contribution is -2.61. The number of hydrogen-bond acceptors (Lipinski definition) is 6. The maximum atomic E-state index is 13.4. The molecule has 0 radical (unpaired) electrons. The fourth-order valence-corrected chi connectivity index (χ4v) is 5.45. The van der Waals surface area contributed by atoms with Gasteiger partial charge in [-0.2, -0.15) is 0 Å². The smallest absolute Gasteiger partial charge is 0.406 e. The van der Waals surface area contributed by atoms with Gasteiger partial charge in [-0.3, -0.25) is 14.9 Å². The summed E-state index contributed by atoms with van der Waals surface area (Å²) in [4.78, 5) is 31.1. The highest BCUT2D eigenvalue weighted by Crippen LogP contribution is 2.37. The van der Waals surface area contributed by atoms with Gasteiger partial charge in [-0.25, -0.2) is 4.98 Å². The second-order valence-electron chi connectivity index (χ2n) is 8.84. The molecule has 1 atom stereocenters. The minimum Gasteiger partial charge on any atom is -0.406 e. The van der Waals surface area contributed by atoms with E-state index < -0.39 is 23.2 Å². The number of aromatic nitrogens is 1. The van der Waals surface area contributed by atoms with Gasteiger partial charge in [0.1, 0.15) is 11.3 Å².